The molecule has 0 radical (unpaired) electrons. The van der Waals surface area contributed by atoms with E-state index in [2.05, 4.69) is 64.8 Å². The predicted octanol–water partition coefficient (Wildman–Crippen LogP) is 6.57. The lowest BCUT2D eigenvalue weighted by atomic mass is 10.0. The van der Waals surface area contributed by atoms with E-state index in [4.69, 9.17) is 11.6 Å². The van der Waals surface area contributed by atoms with Crippen molar-refractivity contribution in [2.45, 2.75) is 25.6 Å². The first-order chi connectivity index (χ1) is 8.40. The van der Waals surface area contributed by atoms with Crippen molar-refractivity contribution in [2.75, 3.05) is 0 Å². The van der Waals surface area contributed by atoms with Crippen LogP contribution in [0.25, 0.3) is 0 Å². The third-order valence-electron chi connectivity index (χ3n) is 3.01. The standard InChI is InChI=1S/C14H13Br2ClS/c1-7-4-10(11(17)5-8(7)2)13(15)12-6-9(3)14(16)18-12/h4-6,13H,1-3H3. The molecule has 0 spiro atoms. The highest BCUT2D eigenvalue weighted by Gasteiger charge is 2.17. The Kier molecular flexibility index (Phi) is 4.58. The molecule has 2 aromatic rings. The summed E-state index contributed by atoms with van der Waals surface area (Å²) in [5.41, 5.74) is 4.89. The highest BCUT2D eigenvalue weighted by atomic mass is 79.9. The molecule has 1 aromatic carbocycles. The Balaban J connectivity index is 2.45. The molecule has 1 atom stereocenters. The fourth-order valence-electron chi connectivity index (χ4n) is 1.76. The van der Waals surface area contributed by atoms with Gasteiger partial charge in [-0.25, -0.2) is 0 Å². The van der Waals surface area contributed by atoms with E-state index >= 15 is 0 Å². The van der Waals surface area contributed by atoms with E-state index < -0.39 is 0 Å². The van der Waals surface area contributed by atoms with Crippen molar-refractivity contribution >= 4 is 54.8 Å². The van der Waals surface area contributed by atoms with Crippen LogP contribution in [0.15, 0.2) is 22.0 Å². The molecule has 0 aliphatic carbocycles. The second-order valence-corrected chi connectivity index (χ2v) is 8.15. The molecule has 1 heterocycles. The van der Waals surface area contributed by atoms with Gasteiger partial charge in [-0.15, -0.1) is 11.3 Å². The molecule has 0 fully saturated rings. The van der Waals surface area contributed by atoms with Crippen LogP contribution >= 0.6 is 54.8 Å². The molecule has 0 nitrogen and oxygen atoms in total. The zero-order chi connectivity index (χ0) is 13.4. The van der Waals surface area contributed by atoms with Crippen LogP contribution in [0.2, 0.25) is 5.02 Å². The summed E-state index contributed by atoms with van der Waals surface area (Å²) in [5, 5.41) is 0.821. The highest BCUT2D eigenvalue weighted by Crippen LogP contribution is 2.41. The van der Waals surface area contributed by atoms with Gasteiger partial charge in [-0.05, 0) is 71.1 Å². The van der Waals surface area contributed by atoms with Gasteiger partial charge in [-0.3, -0.25) is 0 Å². The second-order valence-electron chi connectivity index (χ2n) is 4.43. The van der Waals surface area contributed by atoms with Gasteiger partial charge in [0.15, 0.2) is 0 Å². The summed E-state index contributed by atoms with van der Waals surface area (Å²) in [7, 11) is 0. The Hall–Kier alpha value is 0.170. The topological polar surface area (TPSA) is 0 Å². The maximum atomic E-state index is 6.36. The molecule has 0 amide bonds. The summed E-state index contributed by atoms with van der Waals surface area (Å²) in [6.07, 6.45) is 0. The van der Waals surface area contributed by atoms with Gasteiger partial charge < -0.3 is 0 Å². The van der Waals surface area contributed by atoms with Gasteiger partial charge in [0.1, 0.15) is 0 Å². The van der Waals surface area contributed by atoms with Gasteiger partial charge in [-0.1, -0.05) is 33.6 Å². The number of hydrogen-bond acceptors (Lipinski definition) is 1. The van der Waals surface area contributed by atoms with Crippen LogP contribution in [0.1, 0.15) is 32.0 Å². The molecule has 4 heteroatoms. The predicted molar refractivity (Wildman–Crippen MR) is 88.5 cm³/mol. The molecule has 0 aliphatic rings. The lowest BCUT2D eigenvalue weighted by Crippen LogP contribution is -1.94. The first-order valence-corrected chi connectivity index (χ1v) is 8.47. The Morgan fingerprint density at radius 3 is 2.22 bits per heavy atom. The average Bonchev–Trinajstić information content (AvgIpc) is 2.63. The maximum absolute atomic E-state index is 6.36. The molecule has 0 saturated heterocycles. The van der Waals surface area contributed by atoms with E-state index in [-0.39, 0.29) is 4.83 Å². The third kappa shape index (κ3) is 2.84. The van der Waals surface area contributed by atoms with E-state index in [9.17, 15) is 0 Å². The number of alkyl halides is 1. The molecule has 0 aliphatic heterocycles. The van der Waals surface area contributed by atoms with E-state index in [1.807, 2.05) is 6.07 Å². The largest absolute Gasteiger partial charge is 0.131 e. The second kappa shape index (κ2) is 5.66. The van der Waals surface area contributed by atoms with Gasteiger partial charge in [0, 0.05) is 9.90 Å². The van der Waals surface area contributed by atoms with Crippen LogP contribution in [0.4, 0.5) is 0 Å². The van der Waals surface area contributed by atoms with E-state index in [0.717, 1.165) is 10.6 Å². The summed E-state index contributed by atoms with van der Waals surface area (Å²) in [5.74, 6) is 0. The number of thiophene rings is 1. The molecular formula is C14H13Br2ClS. The SMILES string of the molecule is Cc1cc(Cl)c(C(Br)c2cc(C)c(Br)s2)cc1C. The molecule has 0 saturated carbocycles. The molecule has 1 unspecified atom stereocenters. The van der Waals surface area contributed by atoms with Crippen molar-refractivity contribution in [1.82, 2.24) is 0 Å². The molecule has 96 valence electrons. The normalized spacial score (nSPS) is 12.8. The summed E-state index contributed by atoms with van der Waals surface area (Å²) in [4.78, 5) is 1.42. The van der Waals surface area contributed by atoms with Crippen molar-refractivity contribution in [3.63, 3.8) is 0 Å². The fourth-order valence-corrected chi connectivity index (χ4v) is 4.58. The Morgan fingerprint density at radius 2 is 1.67 bits per heavy atom. The summed E-state index contributed by atoms with van der Waals surface area (Å²) in [6.45, 7) is 6.30. The van der Waals surface area contributed by atoms with Crippen LogP contribution < -0.4 is 0 Å². The number of aryl methyl sites for hydroxylation is 3. The zero-order valence-electron chi connectivity index (χ0n) is 10.4. The van der Waals surface area contributed by atoms with Crippen LogP contribution in [-0.4, -0.2) is 0 Å². The van der Waals surface area contributed by atoms with Crippen molar-refractivity contribution in [3.05, 3.63) is 54.1 Å². The molecule has 1 aromatic heterocycles. The van der Waals surface area contributed by atoms with Crippen molar-refractivity contribution in [2.24, 2.45) is 0 Å². The molecular weight excluding hydrogens is 395 g/mol. The first kappa shape index (κ1) is 14.6. The van der Waals surface area contributed by atoms with Gasteiger partial charge in [0.25, 0.3) is 0 Å². The summed E-state index contributed by atoms with van der Waals surface area (Å²) >= 11 is 15.4. The minimum Gasteiger partial charge on any atom is -0.131 e. The van der Waals surface area contributed by atoms with Crippen molar-refractivity contribution in [3.8, 4) is 0 Å². The van der Waals surface area contributed by atoms with Crippen LogP contribution in [-0.2, 0) is 0 Å². The lowest BCUT2D eigenvalue weighted by Gasteiger charge is -2.13. The van der Waals surface area contributed by atoms with Crippen LogP contribution in [0.5, 0.6) is 0 Å². The molecule has 0 bridgehead atoms. The third-order valence-corrected chi connectivity index (χ3v) is 6.83. The van der Waals surface area contributed by atoms with Crippen LogP contribution in [0, 0.1) is 20.8 Å². The van der Waals surface area contributed by atoms with Gasteiger partial charge in [-0.2, -0.15) is 0 Å². The zero-order valence-corrected chi connectivity index (χ0v) is 15.1. The van der Waals surface area contributed by atoms with Gasteiger partial charge >= 0.3 is 0 Å². The number of hydrogen-bond donors (Lipinski definition) is 0. The number of rotatable bonds is 2. The van der Waals surface area contributed by atoms with Gasteiger partial charge in [0.05, 0.1) is 8.61 Å². The van der Waals surface area contributed by atoms with Gasteiger partial charge in [0.2, 0.25) is 0 Å². The van der Waals surface area contributed by atoms with Crippen LogP contribution in [0.3, 0.4) is 0 Å². The average molecular weight is 409 g/mol. The molecule has 0 N–H and O–H groups in total. The number of halogens is 3. The Bertz CT molecular complexity index is 570. The van der Waals surface area contributed by atoms with Crippen molar-refractivity contribution in [1.29, 1.82) is 0 Å². The van der Waals surface area contributed by atoms with E-state index in [1.165, 1.54) is 25.4 Å². The summed E-state index contributed by atoms with van der Waals surface area (Å²) < 4.78 is 1.18. The monoisotopic (exact) mass is 406 g/mol. The van der Waals surface area contributed by atoms with E-state index in [0.29, 0.717) is 0 Å². The maximum Gasteiger partial charge on any atom is 0.0753 e. The molecule has 2 rings (SSSR count). The fraction of sp³-hybridized carbons (Fsp3) is 0.286. The quantitative estimate of drug-likeness (QED) is 0.493. The highest BCUT2D eigenvalue weighted by molar-refractivity contribution is 9.11. The number of benzene rings is 1. The van der Waals surface area contributed by atoms with Crippen molar-refractivity contribution < 1.29 is 0 Å². The Morgan fingerprint density at radius 1 is 1.06 bits per heavy atom. The summed E-state index contributed by atoms with van der Waals surface area (Å²) in [6, 6.07) is 6.40. The molecule has 18 heavy (non-hydrogen) atoms. The first-order valence-electron chi connectivity index (χ1n) is 5.56. The minimum absolute atomic E-state index is 0.152. The smallest absolute Gasteiger partial charge is 0.0753 e. The lowest BCUT2D eigenvalue weighted by molar-refractivity contribution is 1.19. The Labute approximate surface area is 134 Å². The van der Waals surface area contributed by atoms with E-state index in [1.54, 1.807) is 11.3 Å². The minimum atomic E-state index is 0.152.